The van der Waals surface area contributed by atoms with Crippen LogP contribution in [0.2, 0.25) is 0 Å². The summed E-state index contributed by atoms with van der Waals surface area (Å²) >= 11 is 0. The largest absolute Gasteiger partial charge is 0.368 e. The number of benzene rings is 1. The quantitative estimate of drug-likeness (QED) is 0.757. The second-order valence-electron chi connectivity index (χ2n) is 5.02. The van der Waals surface area contributed by atoms with Crippen LogP contribution < -0.4 is 16.8 Å². The Balaban J connectivity index is 1.85. The number of nitrogen functional groups attached to an aromatic ring is 2. The fraction of sp³-hybridized carbons (Fsp3) is 0.357. The molecule has 0 unspecified atom stereocenters. The summed E-state index contributed by atoms with van der Waals surface area (Å²) in [7, 11) is 0. The molecule has 1 aromatic heterocycles. The van der Waals surface area contributed by atoms with Crippen LogP contribution in [-0.2, 0) is 0 Å². The SMILES string of the molecule is Nc1nc(N)nc(-c2ccc(C3CCNCC3)cc2)n1. The van der Waals surface area contributed by atoms with E-state index in [1.807, 2.05) is 12.1 Å². The molecular formula is C14H18N6. The normalized spacial score (nSPS) is 16.2. The smallest absolute Gasteiger partial charge is 0.225 e. The zero-order valence-electron chi connectivity index (χ0n) is 11.2. The van der Waals surface area contributed by atoms with Crippen LogP contribution in [-0.4, -0.2) is 28.0 Å². The molecule has 5 N–H and O–H groups in total. The summed E-state index contributed by atoms with van der Waals surface area (Å²) in [5, 5.41) is 3.38. The van der Waals surface area contributed by atoms with Gasteiger partial charge in [-0.2, -0.15) is 15.0 Å². The Morgan fingerprint density at radius 3 is 2.10 bits per heavy atom. The standard InChI is InChI=1S/C14H18N6/c15-13-18-12(19-14(16)20-13)11-3-1-9(2-4-11)10-5-7-17-8-6-10/h1-4,10,17H,5-8H2,(H4,15,16,18,19,20). The summed E-state index contributed by atoms with van der Waals surface area (Å²) in [6, 6.07) is 8.32. The Morgan fingerprint density at radius 2 is 1.50 bits per heavy atom. The average molecular weight is 270 g/mol. The van der Waals surface area contributed by atoms with Gasteiger partial charge in [-0.1, -0.05) is 24.3 Å². The summed E-state index contributed by atoms with van der Waals surface area (Å²) in [5.41, 5.74) is 13.5. The molecule has 6 heteroatoms. The molecule has 1 saturated heterocycles. The summed E-state index contributed by atoms with van der Waals surface area (Å²) in [4.78, 5) is 12.0. The van der Waals surface area contributed by atoms with Gasteiger partial charge in [0.05, 0.1) is 0 Å². The summed E-state index contributed by atoms with van der Waals surface area (Å²) in [6.07, 6.45) is 2.37. The van der Waals surface area contributed by atoms with Gasteiger partial charge in [-0.3, -0.25) is 0 Å². The Labute approximate surface area is 117 Å². The van der Waals surface area contributed by atoms with Crippen LogP contribution in [0.5, 0.6) is 0 Å². The van der Waals surface area contributed by atoms with Gasteiger partial charge in [0.15, 0.2) is 5.82 Å². The number of hydrogen-bond acceptors (Lipinski definition) is 6. The molecule has 3 rings (SSSR count). The van der Waals surface area contributed by atoms with Crippen molar-refractivity contribution in [3.8, 4) is 11.4 Å². The highest BCUT2D eigenvalue weighted by atomic mass is 15.1. The molecule has 0 atom stereocenters. The highest BCUT2D eigenvalue weighted by molar-refractivity contribution is 5.57. The lowest BCUT2D eigenvalue weighted by molar-refractivity contribution is 0.460. The molecule has 2 heterocycles. The van der Waals surface area contributed by atoms with Gasteiger partial charge in [0, 0.05) is 5.56 Å². The lowest BCUT2D eigenvalue weighted by Gasteiger charge is -2.23. The van der Waals surface area contributed by atoms with E-state index >= 15 is 0 Å². The predicted molar refractivity (Wildman–Crippen MR) is 78.9 cm³/mol. The molecule has 0 radical (unpaired) electrons. The van der Waals surface area contributed by atoms with Crippen molar-refractivity contribution in [1.82, 2.24) is 20.3 Å². The first-order valence-electron chi connectivity index (χ1n) is 6.80. The lowest BCUT2D eigenvalue weighted by Crippen LogP contribution is -2.26. The molecule has 0 spiro atoms. The minimum absolute atomic E-state index is 0.148. The van der Waals surface area contributed by atoms with Crippen molar-refractivity contribution < 1.29 is 0 Å². The van der Waals surface area contributed by atoms with Crippen LogP contribution in [0.25, 0.3) is 11.4 Å². The third-order valence-corrected chi connectivity index (χ3v) is 3.65. The van der Waals surface area contributed by atoms with Gasteiger partial charge in [-0.05, 0) is 37.4 Å². The molecule has 20 heavy (non-hydrogen) atoms. The van der Waals surface area contributed by atoms with Crippen LogP contribution in [0, 0.1) is 0 Å². The van der Waals surface area contributed by atoms with E-state index in [1.165, 1.54) is 18.4 Å². The highest BCUT2D eigenvalue weighted by Gasteiger charge is 2.15. The average Bonchev–Trinajstić information content (AvgIpc) is 2.47. The third-order valence-electron chi connectivity index (χ3n) is 3.65. The molecule has 6 nitrogen and oxygen atoms in total. The maximum Gasteiger partial charge on any atom is 0.225 e. The van der Waals surface area contributed by atoms with Gasteiger partial charge in [-0.25, -0.2) is 0 Å². The van der Waals surface area contributed by atoms with Gasteiger partial charge in [0.2, 0.25) is 11.9 Å². The first kappa shape index (κ1) is 12.8. The molecule has 104 valence electrons. The van der Waals surface area contributed by atoms with Crippen molar-refractivity contribution in [3.63, 3.8) is 0 Å². The van der Waals surface area contributed by atoms with Crippen molar-refractivity contribution in [2.75, 3.05) is 24.6 Å². The monoisotopic (exact) mass is 270 g/mol. The number of nitrogens with two attached hydrogens (primary N) is 2. The minimum Gasteiger partial charge on any atom is -0.368 e. The highest BCUT2D eigenvalue weighted by Crippen LogP contribution is 2.27. The molecule has 0 amide bonds. The molecule has 1 aliphatic heterocycles. The van der Waals surface area contributed by atoms with E-state index in [9.17, 15) is 0 Å². The van der Waals surface area contributed by atoms with Crippen LogP contribution in [0.1, 0.15) is 24.3 Å². The fourth-order valence-corrected chi connectivity index (χ4v) is 2.60. The summed E-state index contributed by atoms with van der Waals surface area (Å²) < 4.78 is 0. The molecule has 1 aliphatic rings. The van der Waals surface area contributed by atoms with Gasteiger partial charge < -0.3 is 16.8 Å². The topological polar surface area (TPSA) is 103 Å². The molecule has 0 bridgehead atoms. The molecule has 2 aromatic rings. The summed E-state index contributed by atoms with van der Waals surface area (Å²) in [5.74, 6) is 1.45. The predicted octanol–water partition coefficient (Wildman–Crippen LogP) is 1.17. The van der Waals surface area contributed by atoms with E-state index in [1.54, 1.807) is 0 Å². The van der Waals surface area contributed by atoms with Crippen LogP contribution in [0.3, 0.4) is 0 Å². The number of nitrogens with zero attached hydrogens (tertiary/aromatic N) is 3. The maximum absolute atomic E-state index is 5.59. The van der Waals surface area contributed by atoms with Crippen LogP contribution in [0.4, 0.5) is 11.9 Å². The molecule has 0 aliphatic carbocycles. The third kappa shape index (κ3) is 2.70. The molecule has 1 aromatic carbocycles. The Hall–Kier alpha value is -2.21. The lowest BCUT2D eigenvalue weighted by atomic mass is 9.90. The zero-order valence-corrected chi connectivity index (χ0v) is 11.2. The Bertz CT molecular complexity index is 569. The second-order valence-corrected chi connectivity index (χ2v) is 5.02. The van der Waals surface area contributed by atoms with E-state index in [0.29, 0.717) is 11.7 Å². The number of nitrogens with one attached hydrogen (secondary N) is 1. The van der Waals surface area contributed by atoms with Crippen LogP contribution in [0.15, 0.2) is 24.3 Å². The van der Waals surface area contributed by atoms with E-state index in [2.05, 4.69) is 32.4 Å². The van der Waals surface area contributed by atoms with E-state index in [4.69, 9.17) is 11.5 Å². The first-order valence-corrected chi connectivity index (χ1v) is 6.80. The Morgan fingerprint density at radius 1 is 0.900 bits per heavy atom. The molecule has 1 fully saturated rings. The first-order chi connectivity index (χ1) is 9.72. The number of piperidine rings is 1. The van der Waals surface area contributed by atoms with Crippen molar-refractivity contribution in [3.05, 3.63) is 29.8 Å². The van der Waals surface area contributed by atoms with E-state index in [-0.39, 0.29) is 11.9 Å². The van der Waals surface area contributed by atoms with E-state index in [0.717, 1.165) is 18.7 Å². The summed E-state index contributed by atoms with van der Waals surface area (Å²) in [6.45, 7) is 2.18. The maximum atomic E-state index is 5.59. The van der Waals surface area contributed by atoms with Crippen molar-refractivity contribution in [2.45, 2.75) is 18.8 Å². The van der Waals surface area contributed by atoms with Gasteiger partial charge in [0.1, 0.15) is 0 Å². The fourth-order valence-electron chi connectivity index (χ4n) is 2.60. The van der Waals surface area contributed by atoms with Gasteiger partial charge >= 0.3 is 0 Å². The number of aromatic nitrogens is 3. The van der Waals surface area contributed by atoms with Crippen molar-refractivity contribution in [1.29, 1.82) is 0 Å². The van der Waals surface area contributed by atoms with Crippen molar-refractivity contribution >= 4 is 11.9 Å². The van der Waals surface area contributed by atoms with Gasteiger partial charge in [-0.15, -0.1) is 0 Å². The zero-order chi connectivity index (χ0) is 13.9. The second kappa shape index (κ2) is 5.42. The Kier molecular flexibility index (Phi) is 3.47. The minimum atomic E-state index is 0.148. The van der Waals surface area contributed by atoms with Crippen molar-refractivity contribution in [2.24, 2.45) is 0 Å². The number of rotatable bonds is 2. The van der Waals surface area contributed by atoms with Gasteiger partial charge in [0.25, 0.3) is 0 Å². The number of hydrogen-bond donors (Lipinski definition) is 3. The van der Waals surface area contributed by atoms with Crippen LogP contribution >= 0.6 is 0 Å². The molecule has 0 saturated carbocycles. The van der Waals surface area contributed by atoms with E-state index < -0.39 is 0 Å². The number of anilines is 2. The molecular weight excluding hydrogens is 252 g/mol.